The molecule has 1 aromatic heterocycles. The van der Waals surface area contributed by atoms with Gasteiger partial charge in [0.25, 0.3) is 0 Å². The van der Waals surface area contributed by atoms with Crippen LogP contribution in [0, 0.1) is 12.8 Å². The third-order valence-corrected chi connectivity index (χ3v) is 2.83. The van der Waals surface area contributed by atoms with E-state index in [0.717, 1.165) is 12.4 Å². The molecule has 0 aromatic carbocycles. The molecule has 0 saturated heterocycles. The summed E-state index contributed by atoms with van der Waals surface area (Å²) in [7, 11) is 0. The second-order valence-electron chi connectivity index (χ2n) is 5.82. The van der Waals surface area contributed by atoms with E-state index in [0.29, 0.717) is 12.0 Å². The van der Waals surface area contributed by atoms with Gasteiger partial charge in [0.2, 0.25) is 0 Å². The number of aryl methyl sites for hydroxylation is 1. The van der Waals surface area contributed by atoms with Crippen molar-refractivity contribution < 1.29 is 0 Å². The Kier molecular flexibility index (Phi) is 4.14. The van der Waals surface area contributed by atoms with Crippen LogP contribution in [0.3, 0.4) is 0 Å². The van der Waals surface area contributed by atoms with Crippen molar-refractivity contribution >= 4 is 0 Å². The Morgan fingerprint density at radius 3 is 2.38 bits per heavy atom. The zero-order valence-electron chi connectivity index (χ0n) is 11.4. The van der Waals surface area contributed by atoms with Crippen molar-refractivity contribution in [3.05, 3.63) is 18.2 Å². The van der Waals surface area contributed by atoms with Crippen LogP contribution in [0.15, 0.2) is 12.4 Å². The molecule has 16 heavy (non-hydrogen) atoms. The molecule has 1 N–H and O–H groups in total. The number of aromatic nitrogens is 2. The van der Waals surface area contributed by atoms with Crippen LogP contribution in [-0.4, -0.2) is 21.6 Å². The van der Waals surface area contributed by atoms with E-state index in [9.17, 15) is 0 Å². The Balaban J connectivity index is 2.74. The summed E-state index contributed by atoms with van der Waals surface area (Å²) >= 11 is 0. The summed E-state index contributed by atoms with van der Waals surface area (Å²) in [5.74, 6) is 1.69. The molecule has 1 aromatic rings. The number of hydrogen-bond donors (Lipinski definition) is 1. The van der Waals surface area contributed by atoms with Crippen molar-refractivity contribution in [1.82, 2.24) is 14.9 Å². The summed E-state index contributed by atoms with van der Waals surface area (Å²) in [4.78, 5) is 4.30. The van der Waals surface area contributed by atoms with Crippen LogP contribution in [0.5, 0.6) is 0 Å². The highest BCUT2D eigenvalue weighted by molar-refractivity contribution is 4.94. The highest BCUT2D eigenvalue weighted by Crippen LogP contribution is 2.19. The molecular weight excluding hydrogens is 198 g/mol. The molecule has 0 amide bonds. The first-order valence-corrected chi connectivity index (χ1v) is 6.05. The lowest BCUT2D eigenvalue weighted by atomic mass is 10.0. The van der Waals surface area contributed by atoms with Gasteiger partial charge in [-0.1, -0.05) is 13.8 Å². The smallest absolute Gasteiger partial charge is 0.105 e. The largest absolute Gasteiger partial charge is 0.331 e. The van der Waals surface area contributed by atoms with E-state index in [1.165, 1.54) is 0 Å². The van der Waals surface area contributed by atoms with Crippen LogP contribution < -0.4 is 5.32 Å². The first kappa shape index (κ1) is 13.2. The molecule has 0 spiro atoms. The average molecular weight is 223 g/mol. The first-order valence-electron chi connectivity index (χ1n) is 6.05. The van der Waals surface area contributed by atoms with Crippen molar-refractivity contribution in [2.45, 2.75) is 53.1 Å². The number of rotatable bonds is 4. The van der Waals surface area contributed by atoms with E-state index < -0.39 is 0 Å². The number of hydrogen-bond acceptors (Lipinski definition) is 2. The van der Waals surface area contributed by atoms with Gasteiger partial charge in [0.1, 0.15) is 5.82 Å². The Bertz CT molecular complexity index is 320. The number of imidazole rings is 1. The van der Waals surface area contributed by atoms with Crippen molar-refractivity contribution in [3.63, 3.8) is 0 Å². The topological polar surface area (TPSA) is 29.9 Å². The molecule has 0 aliphatic rings. The number of nitrogens with zero attached hydrogens (tertiary/aromatic N) is 2. The fraction of sp³-hybridized carbons (Fsp3) is 0.769. The van der Waals surface area contributed by atoms with Crippen LogP contribution in [0.2, 0.25) is 0 Å². The van der Waals surface area contributed by atoms with Gasteiger partial charge in [-0.3, -0.25) is 0 Å². The Morgan fingerprint density at radius 2 is 2.00 bits per heavy atom. The van der Waals surface area contributed by atoms with Gasteiger partial charge in [-0.2, -0.15) is 0 Å². The van der Waals surface area contributed by atoms with Gasteiger partial charge in [0, 0.05) is 30.5 Å². The summed E-state index contributed by atoms with van der Waals surface area (Å²) in [6, 6.07) is 0.474. The van der Waals surface area contributed by atoms with E-state index in [1.54, 1.807) is 0 Å². The third-order valence-electron chi connectivity index (χ3n) is 2.83. The summed E-state index contributed by atoms with van der Waals surface area (Å²) in [6.45, 7) is 14.2. The Morgan fingerprint density at radius 1 is 1.38 bits per heavy atom. The van der Waals surface area contributed by atoms with E-state index in [1.807, 2.05) is 6.20 Å². The van der Waals surface area contributed by atoms with Crippen molar-refractivity contribution in [3.8, 4) is 0 Å². The molecule has 0 radical (unpaired) electrons. The molecular formula is C13H25N3. The van der Waals surface area contributed by atoms with Gasteiger partial charge in [0.05, 0.1) is 0 Å². The molecule has 0 aliphatic heterocycles. The molecule has 0 bridgehead atoms. The Labute approximate surface area is 99.3 Å². The van der Waals surface area contributed by atoms with Gasteiger partial charge in [-0.05, 0) is 33.6 Å². The van der Waals surface area contributed by atoms with Crippen LogP contribution in [-0.2, 0) is 0 Å². The maximum Gasteiger partial charge on any atom is 0.105 e. The van der Waals surface area contributed by atoms with Crippen LogP contribution in [0.25, 0.3) is 0 Å². The quantitative estimate of drug-likeness (QED) is 0.850. The first-order chi connectivity index (χ1) is 7.31. The van der Waals surface area contributed by atoms with Gasteiger partial charge in [-0.25, -0.2) is 4.98 Å². The molecule has 1 atom stereocenters. The summed E-state index contributed by atoms with van der Waals surface area (Å²) in [5, 5.41) is 3.57. The lowest BCUT2D eigenvalue weighted by Crippen LogP contribution is -2.41. The maximum absolute atomic E-state index is 4.30. The molecule has 1 unspecified atom stereocenters. The highest BCUT2D eigenvalue weighted by Gasteiger charge is 2.19. The predicted molar refractivity (Wildman–Crippen MR) is 68.6 cm³/mol. The fourth-order valence-electron chi connectivity index (χ4n) is 1.80. The molecule has 0 fully saturated rings. The van der Waals surface area contributed by atoms with E-state index in [2.05, 4.69) is 62.6 Å². The lowest BCUT2D eigenvalue weighted by Gasteiger charge is -2.29. The van der Waals surface area contributed by atoms with Crippen LogP contribution in [0.1, 0.15) is 46.5 Å². The molecule has 0 aliphatic carbocycles. The summed E-state index contributed by atoms with van der Waals surface area (Å²) in [5.41, 5.74) is 0.168. The average Bonchev–Trinajstić information content (AvgIpc) is 2.50. The minimum Gasteiger partial charge on any atom is -0.331 e. The zero-order valence-corrected chi connectivity index (χ0v) is 11.4. The van der Waals surface area contributed by atoms with Crippen molar-refractivity contribution in [2.24, 2.45) is 5.92 Å². The summed E-state index contributed by atoms with van der Waals surface area (Å²) in [6.07, 6.45) is 3.95. The van der Waals surface area contributed by atoms with Gasteiger partial charge in [-0.15, -0.1) is 0 Å². The van der Waals surface area contributed by atoms with E-state index in [4.69, 9.17) is 0 Å². The van der Waals surface area contributed by atoms with Gasteiger partial charge >= 0.3 is 0 Å². The standard InChI is InChI=1S/C13H25N3/c1-10(2)12(9-15-13(4,5)6)16-8-7-14-11(16)3/h7-8,10,12,15H,9H2,1-6H3. The number of nitrogens with one attached hydrogen (secondary N) is 1. The normalized spacial score (nSPS) is 14.4. The summed E-state index contributed by atoms with van der Waals surface area (Å²) < 4.78 is 2.27. The lowest BCUT2D eigenvalue weighted by molar-refractivity contribution is 0.308. The van der Waals surface area contributed by atoms with Crippen LogP contribution in [0.4, 0.5) is 0 Å². The third kappa shape index (κ3) is 3.63. The SMILES string of the molecule is Cc1nccn1C(CNC(C)(C)C)C(C)C. The second-order valence-corrected chi connectivity index (χ2v) is 5.82. The predicted octanol–water partition coefficient (Wildman–Crippen LogP) is 2.78. The van der Waals surface area contributed by atoms with Crippen molar-refractivity contribution in [1.29, 1.82) is 0 Å². The monoisotopic (exact) mass is 223 g/mol. The molecule has 1 rings (SSSR count). The minimum absolute atomic E-state index is 0.168. The molecule has 1 heterocycles. The van der Waals surface area contributed by atoms with E-state index in [-0.39, 0.29) is 5.54 Å². The zero-order chi connectivity index (χ0) is 12.3. The molecule has 92 valence electrons. The van der Waals surface area contributed by atoms with Crippen LogP contribution >= 0.6 is 0 Å². The molecule has 0 saturated carbocycles. The van der Waals surface area contributed by atoms with E-state index >= 15 is 0 Å². The van der Waals surface area contributed by atoms with Gasteiger partial charge < -0.3 is 9.88 Å². The van der Waals surface area contributed by atoms with Crippen molar-refractivity contribution in [2.75, 3.05) is 6.54 Å². The Hall–Kier alpha value is -0.830. The molecule has 3 nitrogen and oxygen atoms in total. The highest BCUT2D eigenvalue weighted by atomic mass is 15.1. The minimum atomic E-state index is 0.168. The maximum atomic E-state index is 4.30. The fourth-order valence-corrected chi connectivity index (χ4v) is 1.80. The molecule has 3 heteroatoms. The van der Waals surface area contributed by atoms with Gasteiger partial charge in [0.15, 0.2) is 0 Å². The second kappa shape index (κ2) is 5.00.